The molecule has 214 valence electrons. The molecule has 3 amide bonds. The lowest BCUT2D eigenvalue weighted by Crippen LogP contribution is -2.57. The van der Waals surface area contributed by atoms with E-state index in [1.54, 1.807) is 19.2 Å². The molecule has 9 heteroatoms. The standard InChI is InChI=1S/C32H34IN3O5/c1-34-30(37)24-9-5-3-7-21(24)17-20-13-15-36(16-14-20)32(39)29(28-18-22-8-4-6-10-26(22)41-28)35-31(38)25-19-23(33)11-12-27(25)40-2/h3-12,19-20,28-29H,13-18H2,1-2H3,(H,34,37)(H,35,38)/t28-,29-/m0/s1. The molecule has 0 spiro atoms. The summed E-state index contributed by atoms with van der Waals surface area (Å²) < 4.78 is 12.5. The first-order chi connectivity index (χ1) is 19.9. The normalized spacial score (nSPS) is 17.2. The molecule has 8 nitrogen and oxygen atoms in total. The van der Waals surface area contributed by atoms with E-state index in [1.807, 2.05) is 59.5 Å². The number of carbonyl (C=O) groups is 3. The molecule has 3 aromatic carbocycles. The predicted molar refractivity (Wildman–Crippen MR) is 164 cm³/mol. The third-order valence-corrected chi connectivity index (χ3v) is 8.60. The SMILES string of the molecule is CNC(=O)c1ccccc1CC1CCN(C(=O)[C@@H](NC(=O)c2cc(I)ccc2OC)[C@@H]2Cc3ccccc3O2)CC1. The van der Waals surface area contributed by atoms with Crippen molar-refractivity contribution in [3.8, 4) is 11.5 Å². The van der Waals surface area contributed by atoms with Crippen molar-refractivity contribution < 1.29 is 23.9 Å². The first-order valence-electron chi connectivity index (χ1n) is 13.9. The minimum Gasteiger partial charge on any atom is -0.496 e. The zero-order valence-electron chi connectivity index (χ0n) is 23.2. The van der Waals surface area contributed by atoms with Crippen molar-refractivity contribution in [1.82, 2.24) is 15.5 Å². The number of fused-ring (bicyclic) bond motifs is 1. The first kappa shape index (κ1) is 28.9. The van der Waals surface area contributed by atoms with Gasteiger partial charge in [0, 0.05) is 35.7 Å². The van der Waals surface area contributed by atoms with E-state index in [0.29, 0.717) is 42.3 Å². The van der Waals surface area contributed by atoms with E-state index in [4.69, 9.17) is 9.47 Å². The lowest BCUT2D eigenvalue weighted by Gasteiger charge is -2.36. The van der Waals surface area contributed by atoms with Gasteiger partial charge >= 0.3 is 0 Å². The quantitative estimate of drug-likeness (QED) is 0.351. The number of rotatable bonds is 8. The van der Waals surface area contributed by atoms with Crippen molar-refractivity contribution in [3.05, 3.63) is 92.6 Å². The number of likely N-dealkylation sites (tertiary alicyclic amines) is 1. The highest BCUT2D eigenvalue weighted by atomic mass is 127. The van der Waals surface area contributed by atoms with Crippen molar-refractivity contribution in [1.29, 1.82) is 0 Å². The zero-order chi connectivity index (χ0) is 28.9. The first-order valence-corrected chi connectivity index (χ1v) is 14.9. The fourth-order valence-corrected chi connectivity index (χ4v) is 6.20. The van der Waals surface area contributed by atoms with Gasteiger partial charge in [0.2, 0.25) is 5.91 Å². The third-order valence-electron chi connectivity index (χ3n) is 7.93. The highest BCUT2D eigenvalue weighted by molar-refractivity contribution is 14.1. The molecule has 0 radical (unpaired) electrons. The van der Waals surface area contributed by atoms with Crippen molar-refractivity contribution in [2.45, 2.75) is 37.8 Å². The number of halogens is 1. The van der Waals surface area contributed by atoms with E-state index >= 15 is 0 Å². The maximum Gasteiger partial charge on any atom is 0.255 e. The number of ether oxygens (including phenoxy) is 2. The molecule has 2 aliphatic heterocycles. The van der Waals surface area contributed by atoms with Crippen LogP contribution in [0.2, 0.25) is 0 Å². The van der Waals surface area contributed by atoms with Crippen LogP contribution in [0.5, 0.6) is 11.5 Å². The molecule has 2 aliphatic rings. The second-order valence-electron chi connectivity index (χ2n) is 10.5. The van der Waals surface area contributed by atoms with Crippen LogP contribution < -0.4 is 20.1 Å². The van der Waals surface area contributed by atoms with E-state index in [0.717, 1.165) is 39.7 Å². The van der Waals surface area contributed by atoms with Crippen molar-refractivity contribution in [3.63, 3.8) is 0 Å². The lowest BCUT2D eigenvalue weighted by atomic mass is 9.88. The van der Waals surface area contributed by atoms with Gasteiger partial charge in [-0.05, 0) is 89.2 Å². The van der Waals surface area contributed by atoms with Gasteiger partial charge in [-0.3, -0.25) is 14.4 Å². The Morgan fingerprint density at radius 3 is 2.46 bits per heavy atom. The molecule has 0 aliphatic carbocycles. The van der Waals surface area contributed by atoms with Crippen molar-refractivity contribution in [2.75, 3.05) is 27.2 Å². The number of benzene rings is 3. The van der Waals surface area contributed by atoms with Crippen molar-refractivity contribution >= 4 is 40.3 Å². The number of hydrogen-bond acceptors (Lipinski definition) is 5. The second kappa shape index (κ2) is 12.9. The summed E-state index contributed by atoms with van der Waals surface area (Å²) in [6.07, 6.45) is 2.41. The van der Waals surface area contributed by atoms with E-state index in [9.17, 15) is 14.4 Å². The monoisotopic (exact) mass is 667 g/mol. The Kier molecular flexibility index (Phi) is 9.12. The van der Waals surface area contributed by atoms with Crippen LogP contribution in [0.1, 0.15) is 44.7 Å². The third kappa shape index (κ3) is 6.50. The maximum atomic E-state index is 14.0. The zero-order valence-corrected chi connectivity index (χ0v) is 25.3. The van der Waals surface area contributed by atoms with E-state index in [-0.39, 0.29) is 17.7 Å². The van der Waals surface area contributed by atoms with Crippen LogP contribution in [-0.4, -0.2) is 62.0 Å². The summed E-state index contributed by atoms with van der Waals surface area (Å²) in [4.78, 5) is 41.7. The number of hydrogen-bond donors (Lipinski definition) is 2. The maximum absolute atomic E-state index is 14.0. The van der Waals surface area contributed by atoms with E-state index < -0.39 is 12.1 Å². The number of piperidine rings is 1. The predicted octanol–water partition coefficient (Wildman–Crippen LogP) is 4.24. The Morgan fingerprint density at radius 2 is 1.73 bits per heavy atom. The van der Waals surface area contributed by atoms with Crippen molar-refractivity contribution in [2.24, 2.45) is 5.92 Å². The second-order valence-corrected chi connectivity index (χ2v) is 11.7. The number of amides is 3. The van der Waals surface area contributed by atoms with Crippen LogP contribution in [-0.2, 0) is 17.6 Å². The molecule has 3 aromatic rings. The Morgan fingerprint density at radius 1 is 1.00 bits per heavy atom. The summed E-state index contributed by atoms with van der Waals surface area (Å²) in [5, 5.41) is 5.72. The van der Waals surface area contributed by atoms with Gasteiger partial charge in [0.25, 0.3) is 11.8 Å². The molecule has 2 N–H and O–H groups in total. The minimum absolute atomic E-state index is 0.0888. The van der Waals surface area contributed by atoms with Gasteiger partial charge in [-0.15, -0.1) is 0 Å². The average Bonchev–Trinajstić information content (AvgIpc) is 3.44. The smallest absolute Gasteiger partial charge is 0.255 e. The summed E-state index contributed by atoms with van der Waals surface area (Å²) in [5.41, 5.74) is 3.11. The van der Waals surface area contributed by atoms with Crippen LogP contribution in [0.4, 0.5) is 0 Å². The molecule has 2 heterocycles. The van der Waals surface area contributed by atoms with Crippen LogP contribution >= 0.6 is 22.6 Å². The van der Waals surface area contributed by atoms with Gasteiger partial charge in [-0.2, -0.15) is 0 Å². The number of para-hydroxylation sites is 1. The van der Waals surface area contributed by atoms with Gasteiger partial charge in [0.15, 0.2) is 0 Å². The minimum atomic E-state index is -0.858. The Hall–Kier alpha value is -3.60. The summed E-state index contributed by atoms with van der Waals surface area (Å²) >= 11 is 2.15. The molecule has 0 aromatic heterocycles. The van der Waals surface area contributed by atoms with Crippen LogP contribution in [0, 0.1) is 9.49 Å². The highest BCUT2D eigenvalue weighted by Gasteiger charge is 2.39. The van der Waals surface area contributed by atoms with Crippen LogP contribution in [0.15, 0.2) is 66.7 Å². The number of carbonyl (C=O) groups excluding carboxylic acids is 3. The molecular formula is C32H34IN3O5. The summed E-state index contributed by atoms with van der Waals surface area (Å²) in [6.45, 7) is 1.15. The molecule has 0 saturated carbocycles. The Balaban J connectivity index is 1.31. The summed E-state index contributed by atoms with van der Waals surface area (Å²) in [5.74, 6) is 0.922. The van der Waals surface area contributed by atoms with Crippen LogP contribution in [0.3, 0.4) is 0 Å². The lowest BCUT2D eigenvalue weighted by molar-refractivity contribution is -0.136. The number of nitrogens with zero attached hydrogens (tertiary/aromatic N) is 1. The molecule has 5 rings (SSSR count). The fraction of sp³-hybridized carbons (Fsp3) is 0.344. The molecule has 1 saturated heterocycles. The van der Waals surface area contributed by atoms with Gasteiger partial charge in [-0.25, -0.2) is 0 Å². The van der Waals surface area contributed by atoms with Crippen LogP contribution in [0.25, 0.3) is 0 Å². The van der Waals surface area contributed by atoms with E-state index in [2.05, 4.69) is 33.2 Å². The Labute approximate surface area is 253 Å². The number of methoxy groups -OCH3 is 1. The highest BCUT2D eigenvalue weighted by Crippen LogP contribution is 2.31. The molecular weight excluding hydrogens is 633 g/mol. The molecule has 2 atom stereocenters. The summed E-state index contributed by atoms with van der Waals surface area (Å²) in [7, 11) is 3.16. The average molecular weight is 668 g/mol. The molecule has 0 bridgehead atoms. The van der Waals surface area contributed by atoms with Gasteiger partial charge < -0.3 is 25.0 Å². The van der Waals surface area contributed by atoms with Gasteiger partial charge in [-0.1, -0.05) is 36.4 Å². The van der Waals surface area contributed by atoms with E-state index in [1.165, 1.54) is 7.11 Å². The Bertz CT molecular complexity index is 1410. The van der Waals surface area contributed by atoms with Gasteiger partial charge in [0.05, 0.1) is 12.7 Å². The largest absolute Gasteiger partial charge is 0.496 e. The van der Waals surface area contributed by atoms with Gasteiger partial charge in [0.1, 0.15) is 23.6 Å². The number of nitrogens with one attached hydrogen (secondary N) is 2. The molecule has 41 heavy (non-hydrogen) atoms. The summed E-state index contributed by atoms with van der Waals surface area (Å²) in [6, 6.07) is 19.9. The molecule has 0 unspecified atom stereocenters. The fourth-order valence-electron chi connectivity index (χ4n) is 5.70. The molecule has 1 fully saturated rings. The topological polar surface area (TPSA) is 97.0 Å².